The number of ether oxygens (including phenoxy) is 6. The number of unbranched alkanes of at least 4 members (excludes halogenated alkanes) is 49. The van der Waals surface area contributed by atoms with Crippen molar-refractivity contribution < 1.29 is 89.4 Å². The van der Waals surface area contributed by atoms with Gasteiger partial charge in [-0.15, -0.1) is 0 Å². The zero-order valence-electron chi connectivity index (χ0n) is 60.9. The lowest BCUT2D eigenvalue weighted by atomic mass is 9.96. The molecule has 3 aliphatic heterocycles. The number of amides is 1. The second-order valence-electron chi connectivity index (χ2n) is 29.2. The summed E-state index contributed by atoms with van der Waals surface area (Å²) in [6.45, 7) is 1.87. The summed E-state index contributed by atoms with van der Waals surface area (Å²) < 4.78 is 34.5. The Kier molecular flexibility index (Phi) is 54.9. The van der Waals surface area contributed by atoms with Gasteiger partial charge in [0.05, 0.1) is 38.6 Å². The molecule has 19 nitrogen and oxygen atoms in total. The fourth-order valence-electron chi connectivity index (χ4n) is 14.2. The van der Waals surface area contributed by atoms with E-state index in [2.05, 4.69) is 19.2 Å². The highest BCUT2D eigenvalue weighted by molar-refractivity contribution is 5.76. The van der Waals surface area contributed by atoms with Crippen LogP contribution in [0.5, 0.6) is 0 Å². The first kappa shape index (κ1) is 89.0. The molecule has 0 aromatic carbocycles. The lowest BCUT2D eigenvalue weighted by Crippen LogP contribution is -2.66. The van der Waals surface area contributed by atoms with E-state index in [1.165, 1.54) is 276 Å². The number of hydrogen-bond acceptors (Lipinski definition) is 18. The average molecular weight is 1380 g/mol. The number of rotatable bonds is 65. The zero-order chi connectivity index (χ0) is 69.6. The monoisotopic (exact) mass is 1380 g/mol. The number of aliphatic hydroxyl groups excluding tert-OH is 11. The summed E-state index contributed by atoms with van der Waals surface area (Å²) in [6, 6.07) is -0.883. The molecule has 3 rings (SSSR count). The summed E-state index contributed by atoms with van der Waals surface area (Å²) in [5.41, 5.74) is 0. The number of carbonyl (C=O) groups excluding carboxylic acids is 1. The molecule has 0 aromatic heterocycles. The normalized spacial score (nSPS) is 26.9. The molecule has 3 fully saturated rings. The van der Waals surface area contributed by atoms with Crippen molar-refractivity contribution in [3.8, 4) is 0 Å². The number of nitrogens with one attached hydrogen (secondary N) is 1. The number of hydrogen-bond donors (Lipinski definition) is 12. The third-order valence-electron chi connectivity index (χ3n) is 20.7. The first-order valence-electron chi connectivity index (χ1n) is 40.3. The van der Waals surface area contributed by atoms with Crippen LogP contribution < -0.4 is 5.32 Å². The summed E-state index contributed by atoms with van der Waals surface area (Å²) in [6.07, 6.45) is 40.5. The molecule has 570 valence electrons. The van der Waals surface area contributed by atoms with Crippen LogP contribution in [-0.4, -0.2) is 193 Å². The van der Waals surface area contributed by atoms with Crippen LogP contribution in [-0.2, 0) is 33.2 Å². The van der Waals surface area contributed by atoms with E-state index in [1.54, 1.807) is 0 Å². The molecule has 17 unspecified atom stereocenters. The van der Waals surface area contributed by atoms with E-state index in [9.17, 15) is 61.0 Å². The van der Waals surface area contributed by atoms with Crippen molar-refractivity contribution >= 4 is 5.91 Å². The zero-order valence-corrected chi connectivity index (χ0v) is 60.9. The van der Waals surface area contributed by atoms with Gasteiger partial charge in [-0.1, -0.05) is 335 Å². The average Bonchev–Trinajstić information content (AvgIpc) is 0.785. The summed E-state index contributed by atoms with van der Waals surface area (Å²) in [5.74, 6) is -0.233. The fraction of sp³-hybridized carbons (Fsp3) is 0.987. The van der Waals surface area contributed by atoms with Gasteiger partial charge in [-0.25, -0.2) is 0 Å². The van der Waals surface area contributed by atoms with Gasteiger partial charge in [0.1, 0.15) is 73.2 Å². The quantitative estimate of drug-likeness (QED) is 0.0252. The second-order valence-corrected chi connectivity index (χ2v) is 29.2. The van der Waals surface area contributed by atoms with Gasteiger partial charge in [-0.05, 0) is 12.8 Å². The first-order valence-corrected chi connectivity index (χ1v) is 40.3. The van der Waals surface area contributed by atoms with E-state index in [0.29, 0.717) is 12.8 Å². The third-order valence-corrected chi connectivity index (χ3v) is 20.7. The van der Waals surface area contributed by atoms with Gasteiger partial charge in [0.2, 0.25) is 5.91 Å². The largest absolute Gasteiger partial charge is 0.394 e. The van der Waals surface area contributed by atoms with Crippen molar-refractivity contribution in [2.24, 2.45) is 0 Å². The first-order chi connectivity index (χ1) is 46.8. The van der Waals surface area contributed by atoms with Crippen molar-refractivity contribution in [1.29, 1.82) is 0 Å². The summed E-state index contributed by atoms with van der Waals surface area (Å²) in [5, 5.41) is 121. The SMILES string of the molecule is CCCCCCCCCCCCCCCCCCCCCCCCCCCCCCCCCC(O)C(COC1OC(CO)C(OC2OC(CO)C(OC3OC(CO)C(O)C(O)C3O)C(O)C2O)C(O)C1O)NC(=O)CCCCCCCCCCCCCCCCCCCCCC. The Morgan fingerprint density at radius 2 is 0.594 bits per heavy atom. The molecule has 96 heavy (non-hydrogen) atoms. The van der Waals surface area contributed by atoms with Crippen LogP contribution in [0.4, 0.5) is 0 Å². The molecule has 0 bridgehead atoms. The molecular weight excluding hydrogens is 1230 g/mol. The molecule has 0 saturated carbocycles. The van der Waals surface area contributed by atoms with Crippen molar-refractivity contribution in [2.45, 2.75) is 458 Å². The van der Waals surface area contributed by atoms with Crippen LogP contribution in [0.25, 0.3) is 0 Å². The molecule has 19 heteroatoms. The van der Waals surface area contributed by atoms with E-state index in [4.69, 9.17) is 28.4 Å². The highest BCUT2D eigenvalue weighted by atomic mass is 16.8. The Morgan fingerprint density at radius 3 is 0.906 bits per heavy atom. The van der Waals surface area contributed by atoms with E-state index >= 15 is 0 Å². The molecule has 0 spiro atoms. The van der Waals surface area contributed by atoms with Crippen LogP contribution in [0.2, 0.25) is 0 Å². The van der Waals surface area contributed by atoms with Gasteiger partial charge in [-0.2, -0.15) is 0 Å². The van der Waals surface area contributed by atoms with Gasteiger partial charge in [0, 0.05) is 6.42 Å². The van der Waals surface area contributed by atoms with Crippen molar-refractivity contribution in [1.82, 2.24) is 5.32 Å². The fourth-order valence-corrected chi connectivity index (χ4v) is 14.2. The smallest absolute Gasteiger partial charge is 0.220 e. The van der Waals surface area contributed by atoms with Gasteiger partial charge >= 0.3 is 0 Å². The molecule has 3 saturated heterocycles. The van der Waals surface area contributed by atoms with Crippen molar-refractivity contribution in [3.63, 3.8) is 0 Å². The maximum Gasteiger partial charge on any atom is 0.220 e. The molecule has 3 aliphatic rings. The minimum absolute atomic E-state index is 0.233. The lowest BCUT2D eigenvalue weighted by molar-refractivity contribution is -0.379. The maximum absolute atomic E-state index is 13.5. The molecule has 12 N–H and O–H groups in total. The molecule has 17 atom stereocenters. The Morgan fingerprint density at radius 1 is 0.333 bits per heavy atom. The number of aliphatic hydroxyl groups is 11. The molecule has 1 amide bonds. The topological polar surface area (TPSA) is 307 Å². The molecular formula is C77H149NO18. The third kappa shape index (κ3) is 39.4. The van der Waals surface area contributed by atoms with Crippen molar-refractivity contribution in [2.75, 3.05) is 26.4 Å². The van der Waals surface area contributed by atoms with Crippen LogP contribution >= 0.6 is 0 Å². The van der Waals surface area contributed by atoms with Crippen LogP contribution in [0.15, 0.2) is 0 Å². The minimum atomic E-state index is -1.97. The second kappa shape index (κ2) is 59.2. The predicted molar refractivity (Wildman–Crippen MR) is 379 cm³/mol. The summed E-state index contributed by atoms with van der Waals surface area (Å²) in [4.78, 5) is 13.5. The Labute approximate surface area is 583 Å². The molecule has 0 radical (unpaired) electrons. The van der Waals surface area contributed by atoms with Crippen LogP contribution in [0.1, 0.15) is 354 Å². The summed E-state index contributed by atoms with van der Waals surface area (Å²) >= 11 is 0. The van der Waals surface area contributed by atoms with E-state index in [0.717, 1.165) is 44.9 Å². The molecule has 0 aromatic rings. The summed E-state index contributed by atoms with van der Waals surface area (Å²) in [7, 11) is 0. The Bertz CT molecular complexity index is 1740. The maximum atomic E-state index is 13.5. The van der Waals surface area contributed by atoms with Gasteiger partial charge in [-0.3, -0.25) is 4.79 Å². The number of carbonyl (C=O) groups is 1. The van der Waals surface area contributed by atoms with Crippen molar-refractivity contribution in [3.05, 3.63) is 0 Å². The highest BCUT2D eigenvalue weighted by Crippen LogP contribution is 2.33. The highest BCUT2D eigenvalue weighted by Gasteiger charge is 2.54. The van der Waals surface area contributed by atoms with Crippen LogP contribution in [0, 0.1) is 0 Å². The molecule has 3 heterocycles. The van der Waals surface area contributed by atoms with E-state index in [-0.39, 0.29) is 18.9 Å². The Hall–Kier alpha value is -1.21. The van der Waals surface area contributed by atoms with E-state index < -0.39 is 124 Å². The Balaban J connectivity index is 1.35. The minimum Gasteiger partial charge on any atom is -0.394 e. The lowest BCUT2D eigenvalue weighted by Gasteiger charge is -2.48. The van der Waals surface area contributed by atoms with Gasteiger partial charge in [0.25, 0.3) is 0 Å². The van der Waals surface area contributed by atoms with E-state index in [1.807, 2.05) is 0 Å². The predicted octanol–water partition coefficient (Wildman–Crippen LogP) is 13.0. The van der Waals surface area contributed by atoms with Gasteiger partial charge in [0.15, 0.2) is 18.9 Å². The standard InChI is InChI=1S/C77H149NO18/c1-3-5-7-9-11-13-15-17-19-21-23-25-26-27-28-29-30-31-32-33-34-35-36-38-40-42-44-46-48-50-52-54-61(82)60(78-65(83)55-53-51-49-47-45-43-41-39-37-24-22-20-18-16-14-12-10-8-6-4-2)59-91-75-71(89)68(86)73(63(57-80)93-75)96-77-72(90)69(87)74(64(58-81)94-77)95-76-70(88)67(85)66(84)62(56-79)92-76/h60-64,66-77,79-82,84-90H,3-59H2,1-2H3,(H,78,83). The van der Waals surface area contributed by atoms with Crippen LogP contribution in [0.3, 0.4) is 0 Å². The molecule has 0 aliphatic carbocycles. The van der Waals surface area contributed by atoms with Gasteiger partial charge < -0.3 is 89.9 Å².